The molecule has 22 heavy (non-hydrogen) atoms. The van der Waals surface area contributed by atoms with Crippen LogP contribution in [0.5, 0.6) is 10.9 Å². The number of nitrogens with zero attached hydrogens (tertiary/aromatic N) is 3. The van der Waals surface area contributed by atoms with Crippen LogP contribution in [0.25, 0.3) is 0 Å². The van der Waals surface area contributed by atoms with Gasteiger partial charge < -0.3 is 14.0 Å². The maximum absolute atomic E-state index is 5.82. The van der Waals surface area contributed by atoms with E-state index < -0.39 is 0 Å². The molecule has 0 spiro atoms. The van der Waals surface area contributed by atoms with Gasteiger partial charge in [-0.15, -0.1) is 0 Å². The quantitative estimate of drug-likeness (QED) is 0.531. The van der Waals surface area contributed by atoms with Crippen LogP contribution in [0.2, 0.25) is 0 Å². The van der Waals surface area contributed by atoms with Crippen LogP contribution in [0.15, 0.2) is 52.2 Å². The van der Waals surface area contributed by atoms with Gasteiger partial charge in [0.1, 0.15) is 18.7 Å². The molecule has 0 saturated carbocycles. The normalized spacial score (nSPS) is 11.5. The molecule has 1 aromatic carbocycles. The molecule has 0 aliphatic heterocycles. The van der Waals surface area contributed by atoms with Crippen molar-refractivity contribution in [1.29, 1.82) is 0 Å². The van der Waals surface area contributed by atoms with Gasteiger partial charge in [0.25, 0.3) is 5.19 Å². The van der Waals surface area contributed by atoms with Crippen LogP contribution in [-0.4, -0.2) is 22.2 Å². The highest BCUT2D eigenvalue weighted by atomic mass is 32.1. The second kappa shape index (κ2) is 6.40. The molecule has 3 aromatic rings. The van der Waals surface area contributed by atoms with E-state index in [4.69, 9.17) is 14.0 Å². The first kappa shape index (κ1) is 14.3. The fourth-order valence-corrected chi connectivity index (χ4v) is 2.45. The Kier molecular flexibility index (Phi) is 4.15. The fraction of sp³-hybridized carbons (Fsp3) is 0.133. The van der Waals surface area contributed by atoms with Crippen molar-refractivity contribution in [1.82, 2.24) is 9.36 Å². The van der Waals surface area contributed by atoms with Crippen molar-refractivity contribution in [3.8, 4) is 10.9 Å². The van der Waals surface area contributed by atoms with E-state index in [2.05, 4.69) is 14.5 Å². The summed E-state index contributed by atoms with van der Waals surface area (Å²) in [5, 5.41) is 4.53. The van der Waals surface area contributed by atoms with E-state index in [9.17, 15) is 0 Å². The largest absolute Gasteiger partial charge is 0.463 e. The standard InChI is InChI=1S/C15H13N3O3S/c1-10-16-15(22-18-10)21-12-7-4-3-6-11(12)14(17-19-2)13-8-5-9-20-13/h3-9H,1-2H3. The number of para-hydroxylation sites is 1. The third-order valence-electron chi connectivity index (χ3n) is 2.79. The van der Waals surface area contributed by atoms with Crippen molar-refractivity contribution < 1.29 is 14.0 Å². The van der Waals surface area contributed by atoms with Gasteiger partial charge in [0.15, 0.2) is 11.5 Å². The van der Waals surface area contributed by atoms with E-state index in [0.717, 1.165) is 5.56 Å². The first-order valence-electron chi connectivity index (χ1n) is 6.50. The van der Waals surface area contributed by atoms with Gasteiger partial charge in [0.05, 0.1) is 11.8 Å². The van der Waals surface area contributed by atoms with Crippen LogP contribution in [0, 0.1) is 6.92 Å². The summed E-state index contributed by atoms with van der Waals surface area (Å²) in [6.45, 7) is 1.82. The Bertz CT molecular complexity index is 781. The number of benzene rings is 1. The smallest absolute Gasteiger partial charge is 0.298 e. The number of hydrogen-bond acceptors (Lipinski definition) is 7. The summed E-state index contributed by atoms with van der Waals surface area (Å²) in [6.07, 6.45) is 1.58. The molecule has 0 bridgehead atoms. The first-order valence-corrected chi connectivity index (χ1v) is 7.28. The minimum atomic E-state index is 0.473. The van der Waals surface area contributed by atoms with E-state index in [0.29, 0.717) is 28.2 Å². The molecule has 0 fully saturated rings. The highest BCUT2D eigenvalue weighted by Crippen LogP contribution is 2.28. The lowest BCUT2D eigenvalue weighted by Crippen LogP contribution is -2.05. The number of aryl methyl sites for hydroxylation is 1. The molecule has 112 valence electrons. The Labute approximate surface area is 131 Å². The maximum Gasteiger partial charge on any atom is 0.298 e. The molecule has 3 rings (SSSR count). The van der Waals surface area contributed by atoms with Gasteiger partial charge in [-0.25, -0.2) is 0 Å². The SMILES string of the molecule is CON=C(c1ccco1)c1ccccc1Oc1nc(C)ns1. The summed E-state index contributed by atoms with van der Waals surface area (Å²) in [5.74, 6) is 1.87. The Morgan fingerprint density at radius 3 is 2.77 bits per heavy atom. The molecule has 7 heteroatoms. The van der Waals surface area contributed by atoms with Crippen molar-refractivity contribution in [2.75, 3.05) is 7.11 Å². The van der Waals surface area contributed by atoms with Gasteiger partial charge >= 0.3 is 0 Å². The average Bonchev–Trinajstić information content (AvgIpc) is 3.18. The summed E-state index contributed by atoms with van der Waals surface area (Å²) < 4.78 is 15.3. The minimum absolute atomic E-state index is 0.473. The Balaban J connectivity index is 2.01. The number of furan rings is 1. The summed E-state index contributed by atoms with van der Waals surface area (Å²) in [6, 6.07) is 11.1. The van der Waals surface area contributed by atoms with Crippen molar-refractivity contribution in [3.05, 3.63) is 59.8 Å². The zero-order valence-corrected chi connectivity index (χ0v) is 12.8. The molecule has 0 aliphatic carbocycles. The van der Waals surface area contributed by atoms with Crippen LogP contribution in [0.4, 0.5) is 0 Å². The monoisotopic (exact) mass is 315 g/mol. The molecular formula is C15H13N3O3S. The van der Waals surface area contributed by atoms with Gasteiger partial charge in [-0.1, -0.05) is 17.3 Å². The zero-order valence-electron chi connectivity index (χ0n) is 12.0. The third-order valence-corrected chi connectivity index (χ3v) is 3.47. The van der Waals surface area contributed by atoms with E-state index in [1.165, 1.54) is 18.6 Å². The summed E-state index contributed by atoms with van der Waals surface area (Å²) in [5.41, 5.74) is 1.29. The molecule has 0 saturated heterocycles. The zero-order chi connectivity index (χ0) is 15.4. The van der Waals surface area contributed by atoms with Gasteiger partial charge in [0.2, 0.25) is 0 Å². The number of ether oxygens (including phenoxy) is 1. The van der Waals surface area contributed by atoms with Crippen molar-refractivity contribution in [3.63, 3.8) is 0 Å². The number of rotatable bonds is 5. The minimum Gasteiger partial charge on any atom is -0.463 e. The highest BCUT2D eigenvalue weighted by Gasteiger charge is 2.17. The molecule has 0 unspecified atom stereocenters. The average molecular weight is 315 g/mol. The Morgan fingerprint density at radius 1 is 1.23 bits per heavy atom. The van der Waals surface area contributed by atoms with Gasteiger partial charge in [-0.05, 0) is 31.2 Å². The van der Waals surface area contributed by atoms with Crippen molar-refractivity contribution >= 4 is 17.2 Å². The predicted octanol–water partition coefficient (Wildman–Crippen LogP) is 3.63. The third kappa shape index (κ3) is 2.99. The second-order valence-electron chi connectivity index (χ2n) is 4.31. The number of aromatic nitrogens is 2. The van der Waals surface area contributed by atoms with Crippen LogP contribution in [0.3, 0.4) is 0 Å². The topological polar surface area (TPSA) is 69.7 Å². The highest BCUT2D eigenvalue weighted by molar-refractivity contribution is 7.07. The van der Waals surface area contributed by atoms with Gasteiger partial charge in [-0.3, -0.25) is 0 Å². The maximum atomic E-state index is 5.82. The Morgan fingerprint density at radius 2 is 2.09 bits per heavy atom. The molecule has 2 heterocycles. The van der Waals surface area contributed by atoms with E-state index >= 15 is 0 Å². The van der Waals surface area contributed by atoms with Crippen LogP contribution >= 0.6 is 11.5 Å². The summed E-state index contributed by atoms with van der Waals surface area (Å²) in [7, 11) is 1.49. The van der Waals surface area contributed by atoms with E-state index in [1.54, 1.807) is 12.3 Å². The van der Waals surface area contributed by atoms with Crippen LogP contribution < -0.4 is 4.74 Å². The summed E-state index contributed by atoms with van der Waals surface area (Å²) >= 11 is 1.20. The number of hydrogen-bond donors (Lipinski definition) is 0. The lowest BCUT2D eigenvalue weighted by molar-refractivity contribution is 0.213. The lowest BCUT2D eigenvalue weighted by atomic mass is 10.1. The van der Waals surface area contributed by atoms with Gasteiger partial charge in [-0.2, -0.15) is 9.36 Å². The Hall–Kier alpha value is -2.67. The fourth-order valence-electron chi connectivity index (χ4n) is 1.90. The molecule has 2 aromatic heterocycles. The first-order chi connectivity index (χ1) is 10.8. The predicted molar refractivity (Wildman–Crippen MR) is 82.5 cm³/mol. The second-order valence-corrected chi connectivity index (χ2v) is 5.02. The molecular weight excluding hydrogens is 302 g/mol. The molecule has 0 aliphatic rings. The van der Waals surface area contributed by atoms with E-state index in [-0.39, 0.29) is 0 Å². The molecule has 0 amide bonds. The molecule has 0 radical (unpaired) electrons. The molecule has 6 nitrogen and oxygen atoms in total. The van der Waals surface area contributed by atoms with Crippen LogP contribution in [-0.2, 0) is 4.84 Å². The lowest BCUT2D eigenvalue weighted by Gasteiger charge is -2.09. The summed E-state index contributed by atoms with van der Waals surface area (Å²) in [4.78, 5) is 9.14. The number of oxime groups is 1. The molecule has 0 N–H and O–H groups in total. The molecule has 0 atom stereocenters. The van der Waals surface area contributed by atoms with E-state index in [1.807, 2.05) is 37.3 Å². The van der Waals surface area contributed by atoms with Crippen molar-refractivity contribution in [2.24, 2.45) is 5.16 Å². The van der Waals surface area contributed by atoms with Crippen molar-refractivity contribution in [2.45, 2.75) is 6.92 Å². The van der Waals surface area contributed by atoms with Crippen LogP contribution in [0.1, 0.15) is 17.1 Å². The van der Waals surface area contributed by atoms with Gasteiger partial charge in [0, 0.05) is 11.5 Å².